The van der Waals surface area contributed by atoms with E-state index in [-0.39, 0.29) is 0 Å². The zero-order chi connectivity index (χ0) is 13.2. The molecule has 1 aromatic carbocycles. The summed E-state index contributed by atoms with van der Waals surface area (Å²) in [5.74, 6) is 1.05. The van der Waals surface area contributed by atoms with E-state index < -0.39 is 0 Å². The van der Waals surface area contributed by atoms with Crippen LogP contribution < -0.4 is 5.32 Å². The molecule has 1 saturated carbocycles. The van der Waals surface area contributed by atoms with Crippen molar-refractivity contribution in [2.75, 3.05) is 0 Å². The summed E-state index contributed by atoms with van der Waals surface area (Å²) in [6, 6.07) is 6.42. The molecular weight excluding hydrogens is 281 g/mol. The Morgan fingerprint density at radius 2 is 2.11 bits per heavy atom. The van der Waals surface area contributed by atoms with E-state index in [2.05, 4.69) is 14.9 Å². The average molecular weight is 296 g/mol. The molecule has 1 N–H and O–H groups in total. The second-order valence-electron chi connectivity index (χ2n) is 4.88. The molecule has 0 bridgehead atoms. The van der Waals surface area contributed by atoms with E-state index in [4.69, 9.17) is 23.2 Å². The van der Waals surface area contributed by atoms with Crippen molar-refractivity contribution < 1.29 is 0 Å². The minimum Gasteiger partial charge on any atom is -0.329 e. The summed E-state index contributed by atoms with van der Waals surface area (Å²) in [5, 5.41) is 4.66. The molecule has 1 aliphatic carbocycles. The molecule has 0 amide bonds. The average Bonchev–Trinajstić information content (AvgIpc) is 3.12. The minimum absolute atomic E-state index is 0.590. The fraction of sp³-hybridized carbons (Fsp3) is 0.357. The molecule has 1 fully saturated rings. The molecule has 0 unspecified atom stereocenters. The van der Waals surface area contributed by atoms with Crippen LogP contribution in [-0.4, -0.2) is 15.6 Å². The van der Waals surface area contributed by atoms with Gasteiger partial charge in [0.15, 0.2) is 0 Å². The number of nitrogens with zero attached hydrogens (tertiary/aromatic N) is 2. The molecule has 1 aromatic heterocycles. The summed E-state index contributed by atoms with van der Waals surface area (Å²) < 4.78 is 2.13. The van der Waals surface area contributed by atoms with Gasteiger partial charge in [-0.1, -0.05) is 29.3 Å². The molecule has 2 aromatic rings. The first-order chi connectivity index (χ1) is 9.22. The first-order valence-corrected chi connectivity index (χ1v) is 7.15. The Bertz CT molecular complexity index is 576. The minimum atomic E-state index is 0.590. The highest BCUT2D eigenvalue weighted by Gasteiger charge is 2.20. The number of benzene rings is 1. The molecule has 0 radical (unpaired) electrons. The molecule has 0 saturated heterocycles. The standard InChI is InChI=1S/C14H15Cl2N3/c15-12-4-1-10(7-13(12)16)9-19-6-5-17-14(19)8-18-11-2-3-11/h1,4-7,11,18H,2-3,8-9H2. The van der Waals surface area contributed by atoms with Crippen LogP contribution in [0.5, 0.6) is 0 Å². The lowest BCUT2D eigenvalue weighted by Crippen LogP contribution is -2.19. The summed E-state index contributed by atoms with van der Waals surface area (Å²) in [7, 11) is 0. The van der Waals surface area contributed by atoms with E-state index in [1.807, 2.05) is 30.6 Å². The van der Waals surface area contributed by atoms with E-state index in [1.54, 1.807) is 0 Å². The quantitative estimate of drug-likeness (QED) is 0.915. The third-order valence-electron chi connectivity index (χ3n) is 3.26. The lowest BCUT2D eigenvalue weighted by Gasteiger charge is -2.09. The molecule has 3 rings (SSSR count). The number of imidazole rings is 1. The number of aromatic nitrogens is 2. The van der Waals surface area contributed by atoms with Crippen LogP contribution in [0.1, 0.15) is 24.2 Å². The van der Waals surface area contributed by atoms with Crippen LogP contribution in [0.15, 0.2) is 30.6 Å². The summed E-state index contributed by atoms with van der Waals surface area (Å²) in [6.07, 6.45) is 6.40. The fourth-order valence-corrected chi connectivity index (χ4v) is 2.33. The van der Waals surface area contributed by atoms with E-state index in [9.17, 15) is 0 Å². The van der Waals surface area contributed by atoms with Crippen LogP contribution in [-0.2, 0) is 13.1 Å². The highest BCUT2D eigenvalue weighted by atomic mass is 35.5. The van der Waals surface area contributed by atoms with Crippen molar-refractivity contribution in [2.24, 2.45) is 0 Å². The van der Waals surface area contributed by atoms with Gasteiger partial charge >= 0.3 is 0 Å². The van der Waals surface area contributed by atoms with E-state index >= 15 is 0 Å². The van der Waals surface area contributed by atoms with Gasteiger partial charge in [-0.2, -0.15) is 0 Å². The second-order valence-corrected chi connectivity index (χ2v) is 5.69. The van der Waals surface area contributed by atoms with Crippen molar-refractivity contribution in [2.45, 2.75) is 32.0 Å². The van der Waals surface area contributed by atoms with Crippen LogP contribution in [0.25, 0.3) is 0 Å². The van der Waals surface area contributed by atoms with Gasteiger partial charge in [0, 0.05) is 25.0 Å². The van der Waals surface area contributed by atoms with Gasteiger partial charge in [0.25, 0.3) is 0 Å². The van der Waals surface area contributed by atoms with Crippen LogP contribution in [0.2, 0.25) is 10.0 Å². The summed E-state index contributed by atoms with van der Waals surface area (Å²) in [4.78, 5) is 4.39. The predicted molar refractivity (Wildman–Crippen MR) is 77.7 cm³/mol. The predicted octanol–water partition coefficient (Wildman–Crippen LogP) is 3.49. The van der Waals surface area contributed by atoms with Crippen molar-refractivity contribution in [1.82, 2.24) is 14.9 Å². The largest absolute Gasteiger partial charge is 0.329 e. The van der Waals surface area contributed by atoms with Crippen LogP contribution >= 0.6 is 23.2 Å². The smallest absolute Gasteiger partial charge is 0.122 e. The fourth-order valence-electron chi connectivity index (χ4n) is 2.01. The zero-order valence-electron chi connectivity index (χ0n) is 10.4. The van der Waals surface area contributed by atoms with Gasteiger partial charge in [0.05, 0.1) is 16.6 Å². The second kappa shape index (κ2) is 5.53. The monoisotopic (exact) mass is 295 g/mol. The molecule has 5 heteroatoms. The molecular formula is C14H15Cl2N3. The third-order valence-corrected chi connectivity index (χ3v) is 4.00. The molecule has 0 aliphatic heterocycles. The van der Waals surface area contributed by atoms with Gasteiger partial charge in [-0.25, -0.2) is 4.98 Å². The van der Waals surface area contributed by atoms with Gasteiger partial charge in [-0.05, 0) is 30.5 Å². The van der Waals surface area contributed by atoms with Crippen LogP contribution in [0.3, 0.4) is 0 Å². The van der Waals surface area contributed by atoms with Crippen LogP contribution in [0.4, 0.5) is 0 Å². The Morgan fingerprint density at radius 1 is 1.26 bits per heavy atom. The van der Waals surface area contributed by atoms with Gasteiger partial charge in [-0.3, -0.25) is 0 Å². The maximum atomic E-state index is 6.04. The number of hydrogen-bond donors (Lipinski definition) is 1. The van der Waals surface area contributed by atoms with E-state index in [0.29, 0.717) is 16.1 Å². The number of hydrogen-bond acceptors (Lipinski definition) is 2. The Morgan fingerprint density at radius 3 is 2.84 bits per heavy atom. The molecule has 1 heterocycles. The highest BCUT2D eigenvalue weighted by molar-refractivity contribution is 6.42. The molecule has 19 heavy (non-hydrogen) atoms. The number of rotatable bonds is 5. The van der Waals surface area contributed by atoms with E-state index in [0.717, 1.165) is 24.5 Å². The number of nitrogens with one attached hydrogen (secondary N) is 1. The first kappa shape index (κ1) is 13.0. The molecule has 3 nitrogen and oxygen atoms in total. The normalized spacial score (nSPS) is 14.8. The SMILES string of the molecule is Clc1ccc(Cn2ccnc2CNC2CC2)cc1Cl. The van der Waals surface area contributed by atoms with Crippen LogP contribution in [0, 0.1) is 0 Å². The maximum Gasteiger partial charge on any atom is 0.122 e. The molecule has 0 atom stereocenters. The van der Waals surface area contributed by atoms with Gasteiger partial charge < -0.3 is 9.88 Å². The van der Waals surface area contributed by atoms with Crippen molar-refractivity contribution in [3.8, 4) is 0 Å². The van der Waals surface area contributed by atoms with Gasteiger partial charge in [0.2, 0.25) is 0 Å². The van der Waals surface area contributed by atoms with Crippen molar-refractivity contribution in [1.29, 1.82) is 0 Å². The molecule has 0 spiro atoms. The Hall–Kier alpha value is -1.03. The van der Waals surface area contributed by atoms with Crippen molar-refractivity contribution >= 4 is 23.2 Å². The Labute approximate surface area is 122 Å². The summed E-state index contributed by atoms with van der Waals surface area (Å²) in [6.45, 7) is 1.58. The van der Waals surface area contributed by atoms with Crippen molar-refractivity contribution in [3.63, 3.8) is 0 Å². The lowest BCUT2D eigenvalue weighted by molar-refractivity contribution is 0.618. The number of halogens is 2. The van der Waals surface area contributed by atoms with E-state index in [1.165, 1.54) is 12.8 Å². The Balaban J connectivity index is 1.71. The molecule has 1 aliphatic rings. The van der Waals surface area contributed by atoms with Crippen molar-refractivity contribution in [3.05, 3.63) is 52.0 Å². The Kier molecular flexibility index (Phi) is 3.78. The third kappa shape index (κ3) is 3.30. The first-order valence-electron chi connectivity index (χ1n) is 6.40. The molecule has 100 valence electrons. The summed E-state index contributed by atoms with van der Waals surface area (Å²) >= 11 is 12.0. The maximum absolute atomic E-state index is 6.04. The zero-order valence-corrected chi connectivity index (χ0v) is 12.0. The van der Waals surface area contributed by atoms with Gasteiger partial charge in [-0.15, -0.1) is 0 Å². The highest BCUT2D eigenvalue weighted by Crippen LogP contribution is 2.23. The lowest BCUT2D eigenvalue weighted by atomic mass is 10.2. The topological polar surface area (TPSA) is 29.9 Å². The van der Waals surface area contributed by atoms with Gasteiger partial charge in [0.1, 0.15) is 5.82 Å². The summed E-state index contributed by atoms with van der Waals surface area (Å²) in [5.41, 5.74) is 1.13.